The molecule has 5 rings (SSSR count). The fourth-order valence-corrected chi connectivity index (χ4v) is 4.20. The second-order valence-electron chi connectivity index (χ2n) is 7.93. The SMILES string of the molecule is O=C(c1ccccc1-n1nccn1)N1CCCC(c2cc(C3(O)CCC3)on2)C1. The number of rotatable bonds is 4. The van der Waals surface area contributed by atoms with Crippen LogP contribution in [0.15, 0.2) is 47.2 Å². The van der Waals surface area contributed by atoms with Gasteiger partial charge in [0, 0.05) is 25.1 Å². The van der Waals surface area contributed by atoms with Crippen molar-refractivity contribution in [2.75, 3.05) is 13.1 Å². The summed E-state index contributed by atoms with van der Waals surface area (Å²) in [6.45, 7) is 1.27. The Hall–Kier alpha value is -3.00. The number of likely N-dealkylation sites (tertiary alicyclic amines) is 1. The molecule has 1 amide bonds. The van der Waals surface area contributed by atoms with Crippen LogP contribution < -0.4 is 0 Å². The predicted octanol–water partition coefficient (Wildman–Crippen LogP) is 2.65. The average molecular weight is 393 g/mol. The highest BCUT2D eigenvalue weighted by atomic mass is 16.5. The summed E-state index contributed by atoms with van der Waals surface area (Å²) >= 11 is 0. The zero-order chi connectivity index (χ0) is 19.8. The number of hydrogen-bond donors (Lipinski definition) is 1. The first-order chi connectivity index (χ1) is 14.1. The van der Waals surface area contributed by atoms with E-state index in [-0.39, 0.29) is 11.8 Å². The normalized spacial score (nSPS) is 21.0. The third-order valence-electron chi connectivity index (χ3n) is 6.06. The second kappa shape index (κ2) is 7.11. The Morgan fingerprint density at radius 1 is 1.17 bits per heavy atom. The number of aliphatic hydroxyl groups is 1. The van der Waals surface area contributed by atoms with Crippen LogP contribution in [0.25, 0.3) is 5.69 Å². The fourth-order valence-electron chi connectivity index (χ4n) is 4.20. The Bertz CT molecular complexity index is 1010. The molecule has 0 radical (unpaired) electrons. The Morgan fingerprint density at radius 2 is 1.97 bits per heavy atom. The van der Waals surface area contributed by atoms with E-state index in [4.69, 9.17) is 4.52 Å². The van der Waals surface area contributed by atoms with E-state index in [1.165, 1.54) is 4.80 Å². The van der Waals surface area contributed by atoms with Crippen molar-refractivity contribution in [1.82, 2.24) is 25.1 Å². The number of carbonyl (C=O) groups is 1. The van der Waals surface area contributed by atoms with Gasteiger partial charge in [0.1, 0.15) is 5.60 Å². The number of carbonyl (C=O) groups excluding carboxylic acids is 1. The van der Waals surface area contributed by atoms with Gasteiger partial charge in [-0.2, -0.15) is 15.0 Å². The smallest absolute Gasteiger partial charge is 0.256 e. The lowest BCUT2D eigenvalue weighted by Gasteiger charge is -2.33. The van der Waals surface area contributed by atoms with Crippen molar-refractivity contribution in [1.29, 1.82) is 0 Å². The van der Waals surface area contributed by atoms with E-state index in [1.54, 1.807) is 12.4 Å². The Balaban J connectivity index is 1.36. The molecule has 0 bridgehead atoms. The first-order valence-corrected chi connectivity index (χ1v) is 10.1. The lowest BCUT2D eigenvalue weighted by atomic mass is 9.78. The van der Waals surface area contributed by atoms with E-state index in [2.05, 4.69) is 15.4 Å². The van der Waals surface area contributed by atoms with E-state index in [0.717, 1.165) is 37.8 Å². The number of amides is 1. The predicted molar refractivity (Wildman–Crippen MR) is 103 cm³/mol. The summed E-state index contributed by atoms with van der Waals surface area (Å²) in [4.78, 5) is 16.6. The van der Waals surface area contributed by atoms with Gasteiger partial charge in [-0.3, -0.25) is 4.79 Å². The van der Waals surface area contributed by atoms with Gasteiger partial charge in [0.15, 0.2) is 5.76 Å². The summed E-state index contributed by atoms with van der Waals surface area (Å²) in [6, 6.07) is 9.25. The van der Waals surface area contributed by atoms with Gasteiger partial charge in [-0.1, -0.05) is 17.3 Å². The molecular weight excluding hydrogens is 370 g/mol. The molecule has 1 unspecified atom stereocenters. The minimum atomic E-state index is -0.856. The number of hydrogen-bond acceptors (Lipinski definition) is 6. The van der Waals surface area contributed by atoms with Crippen LogP contribution in [0.3, 0.4) is 0 Å². The molecule has 8 nitrogen and oxygen atoms in total. The van der Waals surface area contributed by atoms with Crippen molar-refractivity contribution in [2.45, 2.75) is 43.6 Å². The summed E-state index contributed by atoms with van der Waals surface area (Å²) in [6.07, 6.45) is 7.46. The summed E-state index contributed by atoms with van der Waals surface area (Å²) in [5, 5.41) is 23.0. The molecule has 1 atom stereocenters. The van der Waals surface area contributed by atoms with Gasteiger partial charge in [-0.05, 0) is 44.2 Å². The van der Waals surface area contributed by atoms with Gasteiger partial charge in [-0.15, -0.1) is 0 Å². The van der Waals surface area contributed by atoms with Crippen molar-refractivity contribution in [2.24, 2.45) is 0 Å². The van der Waals surface area contributed by atoms with Crippen LogP contribution in [0.4, 0.5) is 0 Å². The molecule has 3 aromatic rings. The van der Waals surface area contributed by atoms with Gasteiger partial charge < -0.3 is 14.5 Å². The molecule has 29 heavy (non-hydrogen) atoms. The maximum atomic E-state index is 13.3. The fraction of sp³-hybridized carbons (Fsp3) is 0.429. The average Bonchev–Trinajstić information content (AvgIpc) is 3.44. The summed E-state index contributed by atoms with van der Waals surface area (Å²) in [7, 11) is 0. The number of piperidine rings is 1. The molecule has 1 aliphatic carbocycles. The lowest BCUT2D eigenvalue weighted by molar-refractivity contribution is -0.0602. The maximum absolute atomic E-state index is 13.3. The molecule has 1 saturated heterocycles. The van der Waals surface area contributed by atoms with E-state index >= 15 is 0 Å². The molecule has 0 spiro atoms. The summed E-state index contributed by atoms with van der Waals surface area (Å²) < 4.78 is 5.45. The molecule has 2 aliphatic rings. The summed E-state index contributed by atoms with van der Waals surface area (Å²) in [5.41, 5.74) is 1.21. The molecule has 1 saturated carbocycles. The van der Waals surface area contributed by atoms with Crippen molar-refractivity contribution < 1.29 is 14.4 Å². The summed E-state index contributed by atoms with van der Waals surface area (Å²) in [5.74, 6) is 0.616. The number of aromatic nitrogens is 4. The second-order valence-corrected chi connectivity index (χ2v) is 7.93. The van der Waals surface area contributed by atoms with Crippen molar-refractivity contribution in [3.63, 3.8) is 0 Å². The van der Waals surface area contributed by atoms with Gasteiger partial charge in [0.25, 0.3) is 5.91 Å². The Morgan fingerprint density at radius 3 is 2.72 bits per heavy atom. The lowest BCUT2D eigenvalue weighted by Crippen LogP contribution is -2.39. The van der Waals surface area contributed by atoms with Crippen molar-refractivity contribution >= 4 is 5.91 Å². The van der Waals surface area contributed by atoms with Crippen LogP contribution in [0.2, 0.25) is 0 Å². The Labute approximate surface area is 168 Å². The molecule has 8 heteroatoms. The van der Waals surface area contributed by atoms with Gasteiger partial charge in [0.05, 0.1) is 29.3 Å². The van der Waals surface area contributed by atoms with Crippen LogP contribution >= 0.6 is 0 Å². The molecule has 1 aliphatic heterocycles. The van der Waals surface area contributed by atoms with E-state index in [0.29, 0.717) is 30.1 Å². The highest BCUT2D eigenvalue weighted by molar-refractivity contribution is 5.97. The van der Waals surface area contributed by atoms with Crippen LogP contribution in [-0.4, -0.2) is 49.2 Å². The van der Waals surface area contributed by atoms with Crippen LogP contribution in [0, 0.1) is 0 Å². The monoisotopic (exact) mass is 393 g/mol. The molecular formula is C21H23N5O3. The zero-order valence-electron chi connectivity index (χ0n) is 16.1. The minimum absolute atomic E-state index is 0.0380. The zero-order valence-corrected chi connectivity index (χ0v) is 16.1. The van der Waals surface area contributed by atoms with Crippen LogP contribution in [0.1, 0.15) is 59.8 Å². The third kappa shape index (κ3) is 3.23. The first kappa shape index (κ1) is 18.1. The van der Waals surface area contributed by atoms with Crippen molar-refractivity contribution in [3.05, 3.63) is 59.7 Å². The van der Waals surface area contributed by atoms with E-state index < -0.39 is 5.60 Å². The van der Waals surface area contributed by atoms with Gasteiger partial charge >= 0.3 is 0 Å². The standard InChI is InChI=1S/C21H23N5O3/c27-20(16-6-1-2-7-18(16)26-22-10-11-23-26)25-12-3-5-15(14-25)17-13-19(29-24-17)21(28)8-4-9-21/h1-2,6-7,10-11,13,15,28H,3-5,8-9,12,14H2. The van der Waals surface area contributed by atoms with Crippen LogP contribution in [-0.2, 0) is 5.60 Å². The molecule has 150 valence electrons. The van der Waals surface area contributed by atoms with Crippen LogP contribution in [0.5, 0.6) is 0 Å². The molecule has 2 fully saturated rings. The number of para-hydroxylation sites is 1. The molecule has 2 aromatic heterocycles. The number of nitrogens with zero attached hydrogens (tertiary/aromatic N) is 5. The number of benzene rings is 1. The topological polar surface area (TPSA) is 97.3 Å². The maximum Gasteiger partial charge on any atom is 0.256 e. The van der Waals surface area contributed by atoms with E-state index in [1.807, 2.05) is 35.2 Å². The third-order valence-corrected chi connectivity index (χ3v) is 6.06. The molecule has 1 N–H and O–H groups in total. The molecule has 1 aromatic carbocycles. The first-order valence-electron chi connectivity index (χ1n) is 10.1. The highest BCUT2D eigenvalue weighted by Gasteiger charge is 2.41. The quantitative estimate of drug-likeness (QED) is 0.732. The highest BCUT2D eigenvalue weighted by Crippen LogP contribution is 2.42. The van der Waals surface area contributed by atoms with Crippen molar-refractivity contribution in [3.8, 4) is 5.69 Å². The van der Waals surface area contributed by atoms with E-state index in [9.17, 15) is 9.90 Å². The van der Waals surface area contributed by atoms with Gasteiger partial charge in [-0.25, -0.2) is 0 Å². The largest absolute Gasteiger partial charge is 0.382 e. The minimum Gasteiger partial charge on any atom is -0.382 e. The van der Waals surface area contributed by atoms with Gasteiger partial charge in [0.2, 0.25) is 0 Å². The Kier molecular flexibility index (Phi) is 4.43. The molecule has 3 heterocycles.